The maximum atomic E-state index is 5.98. The Hall–Kier alpha value is -1.81. The Morgan fingerprint density at radius 3 is 2.54 bits per heavy atom. The molecule has 4 heteroatoms. The van der Waals surface area contributed by atoms with Crippen LogP contribution < -0.4 is 10.6 Å². The van der Waals surface area contributed by atoms with Crippen LogP contribution in [0.1, 0.15) is 29.7 Å². The van der Waals surface area contributed by atoms with Crippen molar-refractivity contribution >= 4 is 17.3 Å². The Morgan fingerprint density at radius 2 is 1.88 bits per heavy atom. The normalized spacial score (nSPS) is 20.6. The van der Waals surface area contributed by atoms with Crippen LogP contribution in [0.3, 0.4) is 0 Å². The van der Waals surface area contributed by atoms with Crippen molar-refractivity contribution in [1.82, 2.24) is 10.6 Å². The van der Waals surface area contributed by atoms with Crippen molar-refractivity contribution in [3.63, 3.8) is 0 Å². The highest BCUT2D eigenvalue weighted by atomic mass is 35.5. The van der Waals surface area contributed by atoms with E-state index in [0.717, 1.165) is 35.9 Å². The van der Waals surface area contributed by atoms with Gasteiger partial charge in [0, 0.05) is 30.4 Å². The molecule has 126 valence electrons. The number of morpholine rings is 1. The van der Waals surface area contributed by atoms with Gasteiger partial charge in [0.25, 0.3) is 0 Å². The smallest absolute Gasteiger partial charge is 0.0953 e. The van der Waals surface area contributed by atoms with Crippen molar-refractivity contribution < 1.29 is 4.74 Å². The summed E-state index contributed by atoms with van der Waals surface area (Å²) in [5.74, 6) is 0. The molecule has 0 radical (unpaired) electrons. The minimum atomic E-state index is 0.123. The van der Waals surface area contributed by atoms with Gasteiger partial charge in [-0.25, -0.2) is 0 Å². The summed E-state index contributed by atoms with van der Waals surface area (Å²) in [6.45, 7) is 8.73. The molecule has 0 aromatic heterocycles. The van der Waals surface area contributed by atoms with Crippen LogP contribution in [-0.2, 0) is 11.3 Å². The molecule has 1 fully saturated rings. The third-order valence-electron chi connectivity index (χ3n) is 4.21. The molecular weight excluding hydrogens is 320 g/mol. The summed E-state index contributed by atoms with van der Waals surface area (Å²) < 4.78 is 5.98. The summed E-state index contributed by atoms with van der Waals surface area (Å²) in [7, 11) is 0. The molecule has 2 atom stereocenters. The second kappa shape index (κ2) is 7.84. The van der Waals surface area contributed by atoms with Crippen LogP contribution in [0.5, 0.6) is 0 Å². The topological polar surface area (TPSA) is 33.3 Å². The van der Waals surface area contributed by atoms with Gasteiger partial charge in [0.1, 0.15) is 0 Å². The van der Waals surface area contributed by atoms with E-state index in [2.05, 4.69) is 48.4 Å². The second-order valence-electron chi connectivity index (χ2n) is 6.17. The lowest BCUT2D eigenvalue weighted by atomic mass is 10.0. The van der Waals surface area contributed by atoms with E-state index in [9.17, 15) is 0 Å². The number of ether oxygens (including phenoxy) is 1. The Labute approximate surface area is 148 Å². The van der Waals surface area contributed by atoms with Crippen molar-refractivity contribution in [2.45, 2.75) is 25.7 Å². The van der Waals surface area contributed by atoms with Gasteiger partial charge in [-0.05, 0) is 35.7 Å². The van der Waals surface area contributed by atoms with Crippen molar-refractivity contribution in [3.05, 3.63) is 76.8 Å². The van der Waals surface area contributed by atoms with Gasteiger partial charge in [-0.15, -0.1) is 0 Å². The first-order chi connectivity index (χ1) is 11.6. The molecule has 3 rings (SSSR count). The Kier molecular flexibility index (Phi) is 5.56. The van der Waals surface area contributed by atoms with Gasteiger partial charge >= 0.3 is 0 Å². The Balaban J connectivity index is 1.58. The highest BCUT2D eigenvalue weighted by Crippen LogP contribution is 2.23. The standard InChI is InChI=1S/C20H23ClN2O/c1-14-11-22-13-20(24-14)18-7-5-17(6-8-18)15(2)23-12-16-3-9-19(21)10-4-16/h3-10,14,20,22-23H,2,11-13H2,1H3/t14-,20-/m1/s1. The highest BCUT2D eigenvalue weighted by Gasteiger charge is 2.20. The van der Waals surface area contributed by atoms with E-state index in [-0.39, 0.29) is 12.2 Å². The predicted molar refractivity (Wildman–Crippen MR) is 99.9 cm³/mol. The van der Waals surface area contributed by atoms with E-state index < -0.39 is 0 Å². The summed E-state index contributed by atoms with van der Waals surface area (Å²) in [6, 6.07) is 16.2. The quantitative estimate of drug-likeness (QED) is 0.856. The van der Waals surface area contributed by atoms with Crippen LogP contribution in [-0.4, -0.2) is 19.2 Å². The van der Waals surface area contributed by atoms with Gasteiger partial charge in [-0.3, -0.25) is 0 Å². The molecule has 0 unspecified atom stereocenters. The van der Waals surface area contributed by atoms with Gasteiger partial charge in [-0.1, -0.05) is 54.6 Å². The number of hydrogen-bond donors (Lipinski definition) is 2. The van der Waals surface area contributed by atoms with Crippen LogP contribution in [0.25, 0.3) is 5.70 Å². The number of nitrogens with one attached hydrogen (secondary N) is 2. The SMILES string of the molecule is C=C(NCc1ccc(Cl)cc1)c1ccc([C@H]2CNC[C@@H](C)O2)cc1. The summed E-state index contributed by atoms with van der Waals surface area (Å²) in [6.07, 6.45) is 0.373. The zero-order valence-electron chi connectivity index (χ0n) is 13.9. The second-order valence-corrected chi connectivity index (χ2v) is 6.61. The molecule has 0 amide bonds. The molecule has 1 aliphatic rings. The predicted octanol–water partition coefficient (Wildman–Crippen LogP) is 4.15. The van der Waals surface area contributed by atoms with Crippen molar-refractivity contribution in [2.24, 2.45) is 0 Å². The van der Waals surface area contributed by atoms with E-state index in [0.29, 0.717) is 0 Å². The van der Waals surface area contributed by atoms with E-state index in [1.807, 2.05) is 24.3 Å². The molecule has 1 saturated heterocycles. The summed E-state index contributed by atoms with van der Waals surface area (Å²) in [5, 5.41) is 7.51. The Bertz CT molecular complexity index is 682. The van der Waals surface area contributed by atoms with E-state index >= 15 is 0 Å². The van der Waals surface area contributed by atoms with Gasteiger partial charge < -0.3 is 15.4 Å². The minimum absolute atomic E-state index is 0.123. The molecule has 1 heterocycles. The van der Waals surface area contributed by atoms with Gasteiger partial charge in [0.15, 0.2) is 0 Å². The molecular formula is C20H23ClN2O. The molecule has 0 bridgehead atoms. The third kappa shape index (κ3) is 4.38. The summed E-state index contributed by atoms with van der Waals surface area (Å²) in [4.78, 5) is 0. The lowest BCUT2D eigenvalue weighted by Gasteiger charge is -2.29. The van der Waals surface area contributed by atoms with E-state index in [1.165, 1.54) is 11.1 Å². The molecule has 0 aliphatic carbocycles. The van der Waals surface area contributed by atoms with Gasteiger partial charge in [0.2, 0.25) is 0 Å². The fraction of sp³-hybridized carbons (Fsp3) is 0.300. The molecule has 1 aliphatic heterocycles. The molecule has 2 aromatic carbocycles. The number of hydrogen-bond acceptors (Lipinski definition) is 3. The molecule has 24 heavy (non-hydrogen) atoms. The fourth-order valence-electron chi connectivity index (χ4n) is 2.80. The monoisotopic (exact) mass is 342 g/mol. The van der Waals surface area contributed by atoms with Crippen LogP contribution in [0.15, 0.2) is 55.1 Å². The lowest BCUT2D eigenvalue weighted by Crippen LogP contribution is -2.38. The molecule has 3 nitrogen and oxygen atoms in total. The summed E-state index contributed by atoms with van der Waals surface area (Å²) in [5.41, 5.74) is 4.37. The van der Waals surface area contributed by atoms with Gasteiger partial charge in [0.05, 0.1) is 12.2 Å². The number of benzene rings is 2. The lowest BCUT2D eigenvalue weighted by molar-refractivity contribution is -0.0287. The first kappa shape index (κ1) is 17.0. The molecule has 0 spiro atoms. The first-order valence-electron chi connectivity index (χ1n) is 8.25. The van der Waals surface area contributed by atoms with Crippen molar-refractivity contribution in [2.75, 3.05) is 13.1 Å². The highest BCUT2D eigenvalue weighted by molar-refractivity contribution is 6.30. The van der Waals surface area contributed by atoms with E-state index in [4.69, 9.17) is 16.3 Å². The number of halogens is 1. The Morgan fingerprint density at radius 1 is 1.17 bits per heavy atom. The maximum absolute atomic E-state index is 5.98. The van der Waals surface area contributed by atoms with Crippen molar-refractivity contribution in [1.29, 1.82) is 0 Å². The van der Waals surface area contributed by atoms with Crippen LogP contribution in [0, 0.1) is 0 Å². The van der Waals surface area contributed by atoms with E-state index in [1.54, 1.807) is 0 Å². The molecule has 2 N–H and O–H groups in total. The molecule has 0 saturated carbocycles. The summed E-state index contributed by atoms with van der Waals surface area (Å²) >= 11 is 5.91. The average molecular weight is 343 g/mol. The van der Waals surface area contributed by atoms with Crippen LogP contribution >= 0.6 is 11.6 Å². The minimum Gasteiger partial charge on any atom is -0.381 e. The van der Waals surface area contributed by atoms with Crippen molar-refractivity contribution in [3.8, 4) is 0 Å². The van der Waals surface area contributed by atoms with Crippen LogP contribution in [0.2, 0.25) is 5.02 Å². The largest absolute Gasteiger partial charge is 0.381 e. The zero-order chi connectivity index (χ0) is 16.9. The van der Waals surface area contributed by atoms with Crippen LogP contribution in [0.4, 0.5) is 0 Å². The van der Waals surface area contributed by atoms with Gasteiger partial charge in [-0.2, -0.15) is 0 Å². The average Bonchev–Trinajstić information content (AvgIpc) is 2.61. The third-order valence-corrected chi connectivity index (χ3v) is 4.46. The number of rotatable bonds is 5. The zero-order valence-corrected chi connectivity index (χ0v) is 14.6. The first-order valence-corrected chi connectivity index (χ1v) is 8.63. The molecule has 2 aromatic rings. The maximum Gasteiger partial charge on any atom is 0.0953 e. The fourth-order valence-corrected chi connectivity index (χ4v) is 2.93.